The summed E-state index contributed by atoms with van der Waals surface area (Å²) in [5.74, 6) is -0.444. The van der Waals surface area contributed by atoms with Crippen molar-refractivity contribution in [1.82, 2.24) is 14.9 Å². The molecule has 0 spiro atoms. The van der Waals surface area contributed by atoms with Crippen LogP contribution in [0.4, 0.5) is 4.39 Å². The van der Waals surface area contributed by atoms with Gasteiger partial charge in [-0.3, -0.25) is 4.79 Å². The second kappa shape index (κ2) is 5.68. The zero-order valence-electron chi connectivity index (χ0n) is 9.81. The van der Waals surface area contributed by atoms with Gasteiger partial charge in [-0.05, 0) is 42.6 Å². The summed E-state index contributed by atoms with van der Waals surface area (Å²) in [6.07, 6.45) is 0.592. The molecule has 0 aliphatic heterocycles. The van der Waals surface area contributed by atoms with Crippen LogP contribution in [0.1, 0.15) is 20.9 Å². The van der Waals surface area contributed by atoms with Crippen LogP contribution in [0.3, 0.4) is 0 Å². The Bertz CT molecular complexity index is 556. The monoisotopic (exact) mass is 265 g/mol. The van der Waals surface area contributed by atoms with Gasteiger partial charge in [-0.1, -0.05) is 16.6 Å². The van der Waals surface area contributed by atoms with E-state index in [1.165, 1.54) is 12.1 Å². The SMILES string of the molecule is Cc1nnsc1C(=O)NCCc1cccc(F)c1. The van der Waals surface area contributed by atoms with Crippen molar-refractivity contribution < 1.29 is 9.18 Å². The van der Waals surface area contributed by atoms with Gasteiger partial charge in [0, 0.05) is 6.54 Å². The van der Waals surface area contributed by atoms with Crippen molar-refractivity contribution in [2.24, 2.45) is 0 Å². The quantitative estimate of drug-likeness (QED) is 0.919. The summed E-state index contributed by atoms with van der Waals surface area (Å²) < 4.78 is 16.6. The lowest BCUT2D eigenvalue weighted by Crippen LogP contribution is -2.25. The zero-order valence-corrected chi connectivity index (χ0v) is 10.6. The van der Waals surface area contributed by atoms with E-state index in [1.54, 1.807) is 13.0 Å². The lowest BCUT2D eigenvalue weighted by atomic mass is 10.1. The van der Waals surface area contributed by atoms with Gasteiger partial charge in [0.15, 0.2) is 0 Å². The number of carbonyl (C=O) groups excluding carboxylic acids is 1. The lowest BCUT2D eigenvalue weighted by molar-refractivity contribution is 0.0957. The first-order valence-electron chi connectivity index (χ1n) is 5.48. The van der Waals surface area contributed by atoms with Crippen molar-refractivity contribution in [3.05, 3.63) is 46.2 Å². The number of benzene rings is 1. The highest BCUT2D eigenvalue weighted by molar-refractivity contribution is 7.07. The first-order valence-corrected chi connectivity index (χ1v) is 6.26. The molecule has 2 aromatic rings. The van der Waals surface area contributed by atoms with E-state index in [1.807, 2.05) is 6.07 Å². The van der Waals surface area contributed by atoms with Crippen LogP contribution in [-0.4, -0.2) is 22.0 Å². The minimum atomic E-state index is -0.263. The fourth-order valence-corrected chi connectivity index (χ4v) is 2.11. The molecule has 6 heteroatoms. The molecule has 1 aromatic carbocycles. The van der Waals surface area contributed by atoms with E-state index in [2.05, 4.69) is 14.9 Å². The molecule has 0 aliphatic rings. The summed E-state index contributed by atoms with van der Waals surface area (Å²) in [5.41, 5.74) is 1.48. The molecule has 1 heterocycles. The number of amides is 1. The topological polar surface area (TPSA) is 54.9 Å². The van der Waals surface area contributed by atoms with E-state index >= 15 is 0 Å². The first-order chi connectivity index (χ1) is 8.66. The average molecular weight is 265 g/mol. The minimum Gasteiger partial charge on any atom is -0.351 e. The van der Waals surface area contributed by atoms with Crippen molar-refractivity contribution in [2.75, 3.05) is 6.54 Å². The number of hydrogen-bond acceptors (Lipinski definition) is 4. The third-order valence-corrected chi connectivity index (χ3v) is 3.27. The summed E-state index contributed by atoms with van der Waals surface area (Å²) >= 11 is 1.07. The van der Waals surface area contributed by atoms with Gasteiger partial charge in [-0.2, -0.15) is 0 Å². The summed E-state index contributed by atoms with van der Waals surface area (Å²) in [5, 5.41) is 6.54. The molecular weight excluding hydrogens is 253 g/mol. The number of halogens is 1. The summed E-state index contributed by atoms with van der Waals surface area (Å²) in [6.45, 7) is 2.20. The molecule has 18 heavy (non-hydrogen) atoms. The van der Waals surface area contributed by atoms with Crippen LogP contribution >= 0.6 is 11.5 Å². The molecule has 0 bridgehead atoms. The van der Waals surface area contributed by atoms with E-state index in [-0.39, 0.29) is 11.7 Å². The van der Waals surface area contributed by atoms with E-state index in [4.69, 9.17) is 0 Å². The Balaban J connectivity index is 1.86. The van der Waals surface area contributed by atoms with E-state index in [0.717, 1.165) is 17.1 Å². The lowest BCUT2D eigenvalue weighted by Gasteiger charge is -2.04. The molecule has 0 unspecified atom stereocenters. The fourth-order valence-electron chi connectivity index (χ4n) is 1.53. The van der Waals surface area contributed by atoms with Crippen LogP contribution < -0.4 is 5.32 Å². The third kappa shape index (κ3) is 3.10. The van der Waals surface area contributed by atoms with Crippen LogP contribution in [0.2, 0.25) is 0 Å². The highest BCUT2D eigenvalue weighted by Crippen LogP contribution is 2.08. The summed E-state index contributed by atoms with van der Waals surface area (Å²) in [4.78, 5) is 12.3. The molecule has 4 nitrogen and oxygen atoms in total. The smallest absolute Gasteiger partial charge is 0.264 e. The second-order valence-corrected chi connectivity index (χ2v) is 4.58. The molecule has 1 N–H and O–H groups in total. The van der Waals surface area contributed by atoms with Crippen molar-refractivity contribution in [3.63, 3.8) is 0 Å². The molecule has 0 saturated heterocycles. The van der Waals surface area contributed by atoms with Crippen molar-refractivity contribution >= 4 is 17.4 Å². The maximum Gasteiger partial charge on any atom is 0.264 e. The molecule has 1 amide bonds. The molecule has 0 fully saturated rings. The van der Waals surface area contributed by atoms with Crippen molar-refractivity contribution in [3.8, 4) is 0 Å². The van der Waals surface area contributed by atoms with Crippen LogP contribution in [0.25, 0.3) is 0 Å². The predicted molar refractivity (Wildman–Crippen MR) is 67.1 cm³/mol. The minimum absolute atomic E-state index is 0.182. The maximum absolute atomic E-state index is 12.9. The van der Waals surface area contributed by atoms with E-state index in [0.29, 0.717) is 23.5 Å². The second-order valence-electron chi connectivity index (χ2n) is 3.82. The number of nitrogens with zero attached hydrogens (tertiary/aromatic N) is 2. The van der Waals surface area contributed by atoms with Crippen molar-refractivity contribution in [1.29, 1.82) is 0 Å². The first kappa shape index (κ1) is 12.6. The van der Waals surface area contributed by atoms with Gasteiger partial charge in [0.2, 0.25) is 0 Å². The van der Waals surface area contributed by atoms with Crippen molar-refractivity contribution in [2.45, 2.75) is 13.3 Å². The fraction of sp³-hybridized carbons (Fsp3) is 0.250. The van der Waals surface area contributed by atoms with E-state index in [9.17, 15) is 9.18 Å². The third-order valence-electron chi connectivity index (χ3n) is 2.45. The zero-order chi connectivity index (χ0) is 13.0. The molecule has 0 atom stereocenters. The molecule has 1 aromatic heterocycles. The molecule has 0 saturated carbocycles. The Morgan fingerprint density at radius 3 is 3.00 bits per heavy atom. The van der Waals surface area contributed by atoms with Gasteiger partial charge in [-0.25, -0.2) is 4.39 Å². The van der Waals surface area contributed by atoms with Gasteiger partial charge in [0.1, 0.15) is 10.7 Å². The normalized spacial score (nSPS) is 10.3. The molecule has 0 aliphatic carbocycles. The maximum atomic E-state index is 12.9. The Morgan fingerprint density at radius 2 is 2.33 bits per heavy atom. The Hall–Kier alpha value is -1.82. The van der Waals surface area contributed by atoms with Gasteiger partial charge in [-0.15, -0.1) is 5.10 Å². The number of carbonyl (C=O) groups is 1. The summed E-state index contributed by atoms with van der Waals surface area (Å²) in [6, 6.07) is 6.35. The Morgan fingerprint density at radius 1 is 1.50 bits per heavy atom. The number of nitrogens with one attached hydrogen (secondary N) is 1. The standard InChI is InChI=1S/C12H12FN3OS/c1-8-11(18-16-15-8)12(17)14-6-5-9-3-2-4-10(13)7-9/h2-4,7H,5-6H2,1H3,(H,14,17). The highest BCUT2D eigenvalue weighted by atomic mass is 32.1. The van der Waals surface area contributed by atoms with Gasteiger partial charge in [0.25, 0.3) is 5.91 Å². The van der Waals surface area contributed by atoms with E-state index < -0.39 is 0 Å². The predicted octanol–water partition coefficient (Wildman–Crippen LogP) is 1.96. The number of aromatic nitrogens is 2. The number of rotatable bonds is 4. The van der Waals surface area contributed by atoms with Crippen LogP contribution in [0.15, 0.2) is 24.3 Å². The number of aryl methyl sites for hydroxylation is 1. The van der Waals surface area contributed by atoms with Crippen LogP contribution in [0, 0.1) is 12.7 Å². The molecule has 94 valence electrons. The molecule has 0 radical (unpaired) electrons. The van der Waals surface area contributed by atoms with Gasteiger partial charge < -0.3 is 5.32 Å². The largest absolute Gasteiger partial charge is 0.351 e. The molecular formula is C12H12FN3OS. The highest BCUT2D eigenvalue weighted by Gasteiger charge is 2.12. The van der Waals surface area contributed by atoms with Crippen LogP contribution in [0.5, 0.6) is 0 Å². The Labute approximate surface area is 108 Å². The molecule has 2 rings (SSSR count). The Kier molecular flexibility index (Phi) is 3.99. The average Bonchev–Trinajstić information content (AvgIpc) is 2.75. The summed E-state index contributed by atoms with van der Waals surface area (Å²) in [7, 11) is 0. The van der Waals surface area contributed by atoms with Gasteiger partial charge in [0.05, 0.1) is 5.69 Å². The number of hydrogen-bond donors (Lipinski definition) is 1. The van der Waals surface area contributed by atoms with Crippen LogP contribution in [-0.2, 0) is 6.42 Å². The van der Waals surface area contributed by atoms with Gasteiger partial charge >= 0.3 is 0 Å².